The Balaban J connectivity index is 1.92. The van der Waals surface area contributed by atoms with E-state index in [1.54, 1.807) is 11.3 Å². The average molecular weight is 195 g/mol. The fourth-order valence-electron chi connectivity index (χ4n) is 1.96. The van der Waals surface area contributed by atoms with Gasteiger partial charge in [0.25, 0.3) is 0 Å². The Morgan fingerprint density at radius 3 is 2.92 bits per heavy atom. The van der Waals surface area contributed by atoms with Crippen LogP contribution in [0.1, 0.15) is 37.3 Å². The number of thiophene rings is 1. The number of hydrogen-bond donors (Lipinski definition) is 1. The Morgan fingerprint density at radius 1 is 1.62 bits per heavy atom. The van der Waals surface area contributed by atoms with E-state index in [2.05, 4.69) is 29.2 Å². The van der Waals surface area contributed by atoms with E-state index in [1.807, 2.05) is 0 Å². The van der Waals surface area contributed by atoms with E-state index in [1.165, 1.54) is 31.2 Å². The molecule has 1 N–H and O–H groups in total. The van der Waals surface area contributed by atoms with Gasteiger partial charge >= 0.3 is 0 Å². The molecule has 1 aliphatic carbocycles. The summed E-state index contributed by atoms with van der Waals surface area (Å²) in [5.41, 5.74) is 1.47. The smallest absolute Gasteiger partial charge is 0.0328 e. The molecule has 2 rings (SSSR count). The van der Waals surface area contributed by atoms with Crippen LogP contribution in [0.4, 0.5) is 0 Å². The molecule has 0 aliphatic heterocycles. The molecule has 1 atom stereocenters. The molecule has 0 bridgehead atoms. The largest absolute Gasteiger partial charge is 0.313 e. The maximum atomic E-state index is 3.41. The van der Waals surface area contributed by atoms with E-state index in [0.717, 1.165) is 5.92 Å². The lowest BCUT2D eigenvalue weighted by atomic mass is 9.80. The van der Waals surface area contributed by atoms with Crippen molar-refractivity contribution in [3.8, 4) is 0 Å². The normalized spacial score (nSPS) is 19.8. The van der Waals surface area contributed by atoms with E-state index in [9.17, 15) is 0 Å². The summed E-state index contributed by atoms with van der Waals surface area (Å²) in [6.45, 7) is 0. The molecular formula is C11H17NS. The Bertz CT molecular complexity index is 239. The zero-order valence-corrected chi connectivity index (χ0v) is 8.94. The first kappa shape index (κ1) is 9.22. The first-order valence-electron chi connectivity index (χ1n) is 5.09. The van der Waals surface area contributed by atoms with Gasteiger partial charge < -0.3 is 5.32 Å². The highest BCUT2D eigenvalue weighted by Crippen LogP contribution is 2.34. The van der Waals surface area contributed by atoms with Crippen LogP contribution < -0.4 is 5.32 Å². The third-order valence-corrected chi connectivity index (χ3v) is 3.79. The molecule has 13 heavy (non-hydrogen) atoms. The predicted molar refractivity (Wildman–Crippen MR) is 58.1 cm³/mol. The number of hydrogen-bond acceptors (Lipinski definition) is 2. The summed E-state index contributed by atoms with van der Waals surface area (Å²) >= 11 is 1.80. The van der Waals surface area contributed by atoms with Crippen LogP contribution in [0.2, 0.25) is 0 Å². The van der Waals surface area contributed by atoms with Crippen molar-refractivity contribution in [1.82, 2.24) is 5.32 Å². The van der Waals surface area contributed by atoms with Gasteiger partial charge in [0.05, 0.1) is 0 Å². The lowest BCUT2D eigenvalue weighted by molar-refractivity contribution is 0.266. The molecule has 1 fully saturated rings. The van der Waals surface area contributed by atoms with Crippen molar-refractivity contribution in [3.05, 3.63) is 22.4 Å². The minimum Gasteiger partial charge on any atom is -0.313 e. The van der Waals surface area contributed by atoms with Crippen molar-refractivity contribution in [3.63, 3.8) is 0 Å². The average Bonchev–Trinajstić information content (AvgIpc) is 2.55. The summed E-state index contributed by atoms with van der Waals surface area (Å²) in [6, 6.07) is 2.83. The van der Waals surface area contributed by atoms with Gasteiger partial charge in [-0.25, -0.2) is 0 Å². The SMILES string of the molecule is CNC(CC1CCC1)c1ccsc1. The molecule has 1 aliphatic rings. The van der Waals surface area contributed by atoms with Crippen molar-refractivity contribution in [2.45, 2.75) is 31.7 Å². The number of nitrogens with one attached hydrogen (secondary N) is 1. The van der Waals surface area contributed by atoms with Crippen LogP contribution in [0.25, 0.3) is 0 Å². The summed E-state index contributed by atoms with van der Waals surface area (Å²) in [5, 5.41) is 7.84. The van der Waals surface area contributed by atoms with Gasteiger partial charge in [-0.05, 0) is 41.8 Å². The van der Waals surface area contributed by atoms with Crippen LogP contribution in [-0.2, 0) is 0 Å². The minimum atomic E-state index is 0.594. The van der Waals surface area contributed by atoms with Crippen LogP contribution in [0.15, 0.2) is 16.8 Å². The molecule has 0 aromatic carbocycles. The molecule has 0 amide bonds. The first-order chi connectivity index (χ1) is 6.40. The van der Waals surface area contributed by atoms with Gasteiger partial charge in [0, 0.05) is 6.04 Å². The van der Waals surface area contributed by atoms with E-state index in [0.29, 0.717) is 6.04 Å². The third-order valence-electron chi connectivity index (χ3n) is 3.09. The zero-order chi connectivity index (χ0) is 9.10. The second kappa shape index (κ2) is 4.25. The highest BCUT2D eigenvalue weighted by Gasteiger charge is 2.22. The molecule has 1 saturated carbocycles. The maximum Gasteiger partial charge on any atom is 0.0328 e. The molecule has 0 saturated heterocycles. The summed E-state index contributed by atoms with van der Waals surface area (Å²) in [7, 11) is 2.07. The van der Waals surface area contributed by atoms with Crippen LogP contribution >= 0.6 is 11.3 Å². The Hall–Kier alpha value is -0.340. The maximum absolute atomic E-state index is 3.41. The standard InChI is InChI=1S/C11H17NS/c1-12-11(7-9-3-2-4-9)10-5-6-13-8-10/h5-6,8-9,11-12H,2-4,7H2,1H3. The number of rotatable bonds is 4. The Kier molecular flexibility index (Phi) is 3.01. The molecule has 72 valence electrons. The van der Waals surface area contributed by atoms with Gasteiger partial charge in [-0.15, -0.1) is 0 Å². The van der Waals surface area contributed by atoms with Gasteiger partial charge in [0.1, 0.15) is 0 Å². The van der Waals surface area contributed by atoms with Crippen molar-refractivity contribution < 1.29 is 0 Å². The first-order valence-corrected chi connectivity index (χ1v) is 6.04. The highest BCUT2D eigenvalue weighted by molar-refractivity contribution is 7.07. The zero-order valence-electron chi connectivity index (χ0n) is 8.12. The fraction of sp³-hybridized carbons (Fsp3) is 0.636. The molecule has 0 radical (unpaired) electrons. The predicted octanol–water partition coefficient (Wildman–Crippen LogP) is 3.20. The van der Waals surface area contributed by atoms with E-state index >= 15 is 0 Å². The van der Waals surface area contributed by atoms with Gasteiger partial charge in [-0.1, -0.05) is 19.3 Å². The monoisotopic (exact) mass is 195 g/mol. The quantitative estimate of drug-likeness (QED) is 0.778. The van der Waals surface area contributed by atoms with Crippen molar-refractivity contribution in [2.75, 3.05) is 7.05 Å². The fourth-order valence-corrected chi connectivity index (χ4v) is 2.67. The van der Waals surface area contributed by atoms with Crippen LogP contribution in [-0.4, -0.2) is 7.05 Å². The van der Waals surface area contributed by atoms with Gasteiger partial charge in [0.2, 0.25) is 0 Å². The minimum absolute atomic E-state index is 0.594. The molecule has 2 heteroatoms. The van der Waals surface area contributed by atoms with Crippen molar-refractivity contribution >= 4 is 11.3 Å². The molecule has 0 spiro atoms. The van der Waals surface area contributed by atoms with Crippen LogP contribution in [0.3, 0.4) is 0 Å². The van der Waals surface area contributed by atoms with E-state index < -0.39 is 0 Å². The molecule has 1 nitrogen and oxygen atoms in total. The summed E-state index contributed by atoms with van der Waals surface area (Å²) < 4.78 is 0. The second-order valence-corrected chi connectivity index (χ2v) is 4.71. The summed E-state index contributed by atoms with van der Waals surface area (Å²) in [5.74, 6) is 0.984. The molecule has 1 aromatic rings. The van der Waals surface area contributed by atoms with E-state index in [-0.39, 0.29) is 0 Å². The summed E-state index contributed by atoms with van der Waals surface area (Å²) in [4.78, 5) is 0. The third kappa shape index (κ3) is 2.12. The van der Waals surface area contributed by atoms with Crippen LogP contribution in [0.5, 0.6) is 0 Å². The van der Waals surface area contributed by atoms with Gasteiger partial charge in [-0.2, -0.15) is 11.3 Å². The van der Waals surface area contributed by atoms with Crippen molar-refractivity contribution in [2.24, 2.45) is 5.92 Å². The molecule has 1 heterocycles. The topological polar surface area (TPSA) is 12.0 Å². The van der Waals surface area contributed by atoms with Gasteiger partial charge in [-0.3, -0.25) is 0 Å². The lowest BCUT2D eigenvalue weighted by Gasteiger charge is -2.29. The Labute approximate surface area is 84.2 Å². The second-order valence-electron chi connectivity index (χ2n) is 3.93. The summed E-state index contributed by atoms with van der Waals surface area (Å²) in [6.07, 6.45) is 5.67. The molecule has 1 unspecified atom stereocenters. The molecular weight excluding hydrogens is 178 g/mol. The lowest BCUT2D eigenvalue weighted by Crippen LogP contribution is -2.22. The van der Waals surface area contributed by atoms with Crippen molar-refractivity contribution in [1.29, 1.82) is 0 Å². The van der Waals surface area contributed by atoms with E-state index in [4.69, 9.17) is 0 Å². The van der Waals surface area contributed by atoms with Gasteiger partial charge in [0.15, 0.2) is 0 Å². The molecule has 1 aromatic heterocycles. The van der Waals surface area contributed by atoms with Crippen LogP contribution in [0, 0.1) is 5.92 Å². The Morgan fingerprint density at radius 2 is 2.46 bits per heavy atom. The highest BCUT2D eigenvalue weighted by atomic mass is 32.1.